The van der Waals surface area contributed by atoms with Crippen molar-refractivity contribution in [1.29, 1.82) is 0 Å². The molecule has 2 aromatic carbocycles. The van der Waals surface area contributed by atoms with E-state index < -0.39 is 0 Å². The van der Waals surface area contributed by atoms with E-state index in [-0.39, 0.29) is 12.0 Å². The van der Waals surface area contributed by atoms with Crippen molar-refractivity contribution in [1.82, 2.24) is 0 Å². The molecule has 0 saturated heterocycles. The van der Waals surface area contributed by atoms with Gasteiger partial charge < -0.3 is 19.9 Å². The van der Waals surface area contributed by atoms with Gasteiger partial charge in [-0.15, -0.1) is 0 Å². The number of nitrogens with two attached hydrogens (primary N) is 1. The molecule has 0 spiro atoms. The van der Waals surface area contributed by atoms with E-state index in [2.05, 4.69) is 31.2 Å². The van der Waals surface area contributed by atoms with Gasteiger partial charge in [0.05, 0.1) is 20.3 Å². The van der Waals surface area contributed by atoms with Gasteiger partial charge >= 0.3 is 0 Å². The van der Waals surface area contributed by atoms with Crippen molar-refractivity contribution >= 4 is 0 Å². The van der Waals surface area contributed by atoms with Gasteiger partial charge in [-0.1, -0.05) is 18.2 Å². The maximum Gasteiger partial charge on any atom is 0.161 e. The van der Waals surface area contributed by atoms with E-state index in [9.17, 15) is 0 Å². The van der Waals surface area contributed by atoms with E-state index in [4.69, 9.17) is 19.9 Å². The molecule has 4 heteroatoms. The molecule has 0 heterocycles. The second-order valence-electron chi connectivity index (χ2n) is 6.52. The molecule has 25 heavy (non-hydrogen) atoms. The molecule has 4 nitrogen and oxygen atoms in total. The predicted molar refractivity (Wildman–Crippen MR) is 102 cm³/mol. The number of benzene rings is 2. The maximum atomic E-state index is 6.06. The number of hydrogen-bond donors (Lipinski definition) is 1. The first kappa shape index (κ1) is 19.1. The maximum absolute atomic E-state index is 6.06. The molecule has 1 unspecified atom stereocenters. The van der Waals surface area contributed by atoms with E-state index in [1.807, 2.05) is 26.0 Å². The quantitative estimate of drug-likeness (QED) is 0.784. The Kier molecular flexibility index (Phi) is 6.71. The van der Waals surface area contributed by atoms with Crippen molar-refractivity contribution in [2.45, 2.75) is 39.2 Å². The zero-order valence-electron chi connectivity index (χ0n) is 15.8. The molecule has 0 bridgehead atoms. The third-order valence-corrected chi connectivity index (χ3v) is 4.25. The molecule has 136 valence electrons. The molecule has 0 aromatic heterocycles. The van der Waals surface area contributed by atoms with Crippen LogP contribution < -0.4 is 19.9 Å². The zero-order valence-corrected chi connectivity index (χ0v) is 15.8. The fraction of sp³-hybridized carbons (Fsp3) is 0.429. The van der Waals surface area contributed by atoms with Gasteiger partial charge in [0, 0.05) is 5.92 Å². The molecule has 1 atom stereocenters. The third-order valence-electron chi connectivity index (χ3n) is 4.25. The molecule has 2 N–H and O–H groups in total. The second-order valence-corrected chi connectivity index (χ2v) is 6.52. The average molecular weight is 343 g/mol. The van der Waals surface area contributed by atoms with Gasteiger partial charge in [0.1, 0.15) is 5.75 Å². The largest absolute Gasteiger partial charge is 0.496 e. The van der Waals surface area contributed by atoms with E-state index in [1.54, 1.807) is 14.2 Å². The van der Waals surface area contributed by atoms with Gasteiger partial charge in [-0.3, -0.25) is 0 Å². The van der Waals surface area contributed by atoms with Gasteiger partial charge in [0.2, 0.25) is 0 Å². The average Bonchev–Trinajstić information content (AvgIpc) is 2.59. The Hall–Kier alpha value is -2.20. The van der Waals surface area contributed by atoms with Crippen LogP contribution in [0.3, 0.4) is 0 Å². The van der Waals surface area contributed by atoms with Crippen molar-refractivity contribution in [2.75, 3.05) is 20.8 Å². The Labute approximate surface area is 150 Å². The van der Waals surface area contributed by atoms with Crippen molar-refractivity contribution in [3.8, 4) is 17.2 Å². The summed E-state index contributed by atoms with van der Waals surface area (Å²) in [5, 5.41) is 0. The minimum Gasteiger partial charge on any atom is -0.496 e. The summed E-state index contributed by atoms with van der Waals surface area (Å²) in [7, 11) is 3.35. The summed E-state index contributed by atoms with van der Waals surface area (Å²) >= 11 is 0. The third kappa shape index (κ3) is 4.89. The van der Waals surface area contributed by atoms with Crippen LogP contribution in [0.1, 0.15) is 36.5 Å². The molecular formula is C21H29NO3. The summed E-state index contributed by atoms with van der Waals surface area (Å²) in [5.74, 6) is 2.67. The molecule has 2 aromatic rings. The Morgan fingerprint density at radius 2 is 1.60 bits per heavy atom. The standard InChI is InChI=1S/C21H29NO3/c1-14(2)25-21-12-16(6-8-20(21)24-5)11-18(13-22)17-7-9-19(23-4)15(3)10-17/h6-10,12,14,18H,11,13,22H2,1-5H3. The van der Waals surface area contributed by atoms with Crippen LogP contribution in [0.25, 0.3) is 0 Å². The highest BCUT2D eigenvalue weighted by atomic mass is 16.5. The van der Waals surface area contributed by atoms with Crippen molar-refractivity contribution in [2.24, 2.45) is 5.73 Å². The highest BCUT2D eigenvalue weighted by molar-refractivity contribution is 5.44. The van der Waals surface area contributed by atoms with Crippen LogP contribution in [-0.2, 0) is 6.42 Å². The number of ether oxygens (including phenoxy) is 3. The van der Waals surface area contributed by atoms with E-state index in [0.717, 1.165) is 29.2 Å². The second kappa shape index (κ2) is 8.77. The summed E-state index contributed by atoms with van der Waals surface area (Å²) in [5.41, 5.74) is 9.59. The highest BCUT2D eigenvalue weighted by Gasteiger charge is 2.15. The predicted octanol–water partition coefficient (Wildman–Crippen LogP) is 4.08. The molecular weight excluding hydrogens is 314 g/mol. The van der Waals surface area contributed by atoms with Gasteiger partial charge in [0.15, 0.2) is 11.5 Å². The van der Waals surface area contributed by atoms with Gasteiger partial charge in [-0.2, -0.15) is 0 Å². The van der Waals surface area contributed by atoms with Gasteiger partial charge in [0.25, 0.3) is 0 Å². The molecule has 0 aliphatic rings. The fourth-order valence-corrected chi connectivity index (χ4v) is 2.97. The van der Waals surface area contributed by atoms with Crippen LogP contribution in [0.15, 0.2) is 36.4 Å². The molecule has 0 saturated carbocycles. The molecule has 2 rings (SSSR count). The van der Waals surface area contributed by atoms with E-state index in [1.165, 1.54) is 11.1 Å². The minimum absolute atomic E-state index is 0.0960. The monoisotopic (exact) mass is 343 g/mol. The molecule has 0 fully saturated rings. The van der Waals surface area contributed by atoms with Crippen LogP contribution in [-0.4, -0.2) is 26.9 Å². The van der Waals surface area contributed by atoms with Crippen LogP contribution in [0, 0.1) is 6.92 Å². The topological polar surface area (TPSA) is 53.7 Å². The Balaban J connectivity index is 2.25. The molecule has 0 aliphatic carbocycles. The Bertz CT molecular complexity index is 698. The first-order chi connectivity index (χ1) is 12.0. The number of methoxy groups -OCH3 is 2. The van der Waals surface area contributed by atoms with Crippen LogP contribution in [0.4, 0.5) is 0 Å². The number of hydrogen-bond acceptors (Lipinski definition) is 4. The lowest BCUT2D eigenvalue weighted by Crippen LogP contribution is -2.15. The Morgan fingerprint density at radius 3 is 2.16 bits per heavy atom. The van der Waals surface area contributed by atoms with Crippen LogP contribution in [0.5, 0.6) is 17.2 Å². The number of aryl methyl sites for hydroxylation is 1. The van der Waals surface area contributed by atoms with Gasteiger partial charge in [-0.25, -0.2) is 0 Å². The smallest absolute Gasteiger partial charge is 0.161 e. The first-order valence-corrected chi connectivity index (χ1v) is 8.66. The van der Waals surface area contributed by atoms with E-state index in [0.29, 0.717) is 6.54 Å². The van der Waals surface area contributed by atoms with Crippen LogP contribution in [0.2, 0.25) is 0 Å². The van der Waals surface area contributed by atoms with Crippen molar-refractivity contribution in [3.63, 3.8) is 0 Å². The highest BCUT2D eigenvalue weighted by Crippen LogP contribution is 2.32. The SMILES string of the molecule is COc1ccc(C(CN)Cc2ccc(OC)c(OC(C)C)c2)cc1C. The summed E-state index contributed by atoms with van der Waals surface area (Å²) in [4.78, 5) is 0. The lowest BCUT2D eigenvalue weighted by molar-refractivity contribution is 0.230. The summed E-state index contributed by atoms with van der Waals surface area (Å²) in [6.45, 7) is 6.65. The fourth-order valence-electron chi connectivity index (χ4n) is 2.97. The summed E-state index contributed by atoms with van der Waals surface area (Å²) < 4.78 is 16.6. The first-order valence-electron chi connectivity index (χ1n) is 8.66. The molecule has 0 aliphatic heterocycles. The lowest BCUT2D eigenvalue weighted by atomic mass is 9.91. The van der Waals surface area contributed by atoms with Crippen molar-refractivity contribution in [3.05, 3.63) is 53.1 Å². The van der Waals surface area contributed by atoms with Crippen LogP contribution >= 0.6 is 0 Å². The number of rotatable bonds is 8. The lowest BCUT2D eigenvalue weighted by Gasteiger charge is -2.19. The van der Waals surface area contributed by atoms with Crippen molar-refractivity contribution < 1.29 is 14.2 Å². The summed E-state index contributed by atoms with van der Waals surface area (Å²) in [6.07, 6.45) is 0.944. The molecule has 0 amide bonds. The normalized spacial score (nSPS) is 12.1. The summed E-state index contributed by atoms with van der Waals surface area (Å²) in [6, 6.07) is 12.3. The van der Waals surface area contributed by atoms with E-state index >= 15 is 0 Å². The zero-order chi connectivity index (χ0) is 18.4. The molecule has 0 radical (unpaired) electrons. The Morgan fingerprint density at radius 1 is 0.920 bits per heavy atom. The minimum atomic E-state index is 0.0960. The van der Waals surface area contributed by atoms with Gasteiger partial charge in [-0.05, 0) is 68.6 Å².